The average Bonchev–Trinajstić information content (AvgIpc) is 2.74. The first-order valence-electron chi connectivity index (χ1n) is 9.52. The van der Waals surface area contributed by atoms with Gasteiger partial charge in [-0.3, -0.25) is 19.8 Å². The summed E-state index contributed by atoms with van der Waals surface area (Å²) < 4.78 is 26.9. The van der Waals surface area contributed by atoms with E-state index in [1.165, 1.54) is 22.5 Å². The van der Waals surface area contributed by atoms with E-state index in [4.69, 9.17) is 0 Å². The Hall–Kier alpha value is -2.82. The molecule has 0 radical (unpaired) electrons. The molecule has 0 aliphatic carbocycles. The number of hydrogen-bond acceptors (Lipinski definition) is 6. The predicted molar refractivity (Wildman–Crippen MR) is 114 cm³/mol. The first-order chi connectivity index (χ1) is 14.3. The van der Waals surface area contributed by atoms with Crippen LogP contribution >= 0.6 is 0 Å². The van der Waals surface area contributed by atoms with Gasteiger partial charge in [0.15, 0.2) is 0 Å². The zero-order valence-electron chi connectivity index (χ0n) is 16.7. The molecule has 2 aromatic rings. The van der Waals surface area contributed by atoms with Crippen molar-refractivity contribution in [1.29, 1.82) is 0 Å². The maximum Gasteiger partial charge on any atom is 0.273 e. The van der Waals surface area contributed by atoms with E-state index in [2.05, 4.69) is 0 Å². The van der Waals surface area contributed by atoms with E-state index in [1.807, 2.05) is 35.2 Å². The molecule has 9 nitrogen and oxygen atoms in total. The highest BCUT2D eigenvalue weighted by Crippen LogP contribution is 2.22. The van der Waals surface area contributed by atoms with Crippen molar-refractivity contribution in [3.8, 4) is 0 Å². The third kappa shape index (κ3) is 5.21. The van der Waals surface area contributed by atoms with Crippen molar-refractivity contribution in [3.63, 3.8) is 0 Å². The third-order valence-electron chi connectivity index (χ3n) is 5.13. The molecule has 0 saturated carbocycles. The number of amides is 1. The molecule has 30 heavy (non-hydrogen) atoms. The molecule has 1 aliphatic heterocycles. The summed E-state index contributed by atoms with van der Waals surface area (Å²) in [7, 11) is -1.98. The zero-order chi connectivity index (χ0) is 21.7. The SMILES string of the molecule is CN(C(=O)CN1CCN(S(=O)(=O)Cc2ccccc2[N+](=O)[O-])CC1)c1ccccc1. The number of likely N-dealkylation sites (N-methyl/N-ethyl adjacent to an activating group) is 1. The number of carbonyl (C=O) groups is 1. The van der Waals surface area contributed by atoms with Crippen LogP contribution in [0.3, 0.4) is 0 Å². The van der Waals surface area contributed by atoms with Crippen molar-refractivity contribution in [3.05, 3.63) is 70.3 Å². The molecule has 1 amide bonds. The van der Waals surface area contributed by atoms with E-state index in [0.29, 0.717) is 13.1 Å². The van der Waals surface area contributed by atoms with Gasteiger partial charge in [-0.2, -0.15) is 4.31 Å². The summed E-state index contributed by atoms with van der Waals surface area (Å²) in [6, 6.07) is 15.2. The van der Waals surface area contributed by atoms with Gasteiger partial charge in [-0.25, -0.2) is 8.42 Å². The highest BCUT2D eigenvalue weighted by Gasteiger charge is 2.30. The van der Waals surface area contributed by atoms with Crippen molar-refractivity contribution in [2.24, 2.45) is 0 Å². The summed E-state index contributed by atoms with van der Waals surface area (Å²) in [5, 5.41) is 11.1. The lowest BCUT2D eigenvalue weighted by atomic mass is 10.2. The molecular weight excluding hydrogens is 408 g/mol. The standard InChI is InChI=1S/C20H24N4O5S/c1-21(18-8-3-2-4-9-18)20(25)15-22-11-13-23(14-12-22)30(28,29)16-17-7-5-6-10-19(17)24(26)27/h2-10H,11-16H2,1H3. The van der Waals surface area contributed by atoms with Crippen LogP contribution in [-0.2, 0) is 20.6 Å². The maximum absolute atomic E-state index is 12.8. The first kappa shape index (κ1) is 21.9. The Balaban J connectivity index is 1.57. The van der Waals surface area contributed by atoms with Crippen LogP contribution in [0.2, 0.25) is 0 Å². The van der Waals surface area contributed by atoms with E-state index in [-0.39, 0.29) is 36.8 Å². The van der Waals surface area contributed by atoms with Gasteiger partial charge >= 0.3 is 0 Å². The smallest absolute Gasteiger partial charge is 0.273 e. The number of carbonyl (C=O) groups excluding carboxylic acids is 1. The number of nitro benzene ring substituents is 1. The molecule has 3 rings (SSSR count). The Labute approximate surface area is 175 Å². The van der Waals surface area contributed by atoms with Crippen LogP contribution in [0, 0.1) is 10.1 Å². The second-order valence-electron chi connectivity index (χ2n) is 7.11. The van der Waals surface area contributed by atoms with Gasteiger partial charge in [0.25, 0.3) is 5.69 Å². The van der Waals surface area contributed by atoms with Crippen molar-refractivity contribution in [1.82, 2.24) is 9.21 Å². The Morgan fingerprint density at radius 1 is 1.03 bits per heavy atom. The van der Waals surface area contributed by atoms with E-state index in [9.17, 15) is 23.3 Å². The number of rotatable bonds is 7. The van der Waals surface area contributed by atoms with Crippen LogP contribution < -0.4 is 4.90 Å². The van der Waals surface area contributed by atoms with E-state index in [0.717, 1.165) is 5.69 Å². The average molecular weight is 433 g/mol. The van der Waals surface area contributed by atoms with Gasteiger partial charge in [0.05, 0.1) is 17.2 Å². The van der Waals surface area contributed by atoms with Crippen molar-refractivity contribution in [2.75, 3.05) is 44.7 Å². The zero-order valence-corrected chi connectivity index (χ0v) is 17.5. The van der Waals surface area contributed by atoms with Gasteiger partial charge in [-0.1, -0.05) is 36.4 Å². The van der Waals surface area contributed by atoms with Crippen molar-refractivity contribution in [2.45, 2.75) is 5.75 Å². The molecule has 160 valence electrons. The van der Waals surface area contributed by atoms with Crippen LogP contribution in [0.25, 0.3) is 0 Å². The lowest BCUT2D eigenvalue weighted by Gasteiger charge is -2.34. The number of anilines is 1. The van der Waals surface area contributed by atoms with Crippen LogP contribution in [0.5, 0.6) is 0 Å². The minimum atomic E-state index is -3.70. The van der Waals surface area contributed by atoms with Gasteiger partial charge in [0.1, 0.15) is 0 Å². The molecule has 10 heteroatoms. The topological polar surface area (TPSA) is 104 Å². The van der Waals surface area contributed by atoms with Gasteiger partial charge in [-0.15, -0.1) is 0 Å². The molecule has 0 spiro atoms. The molecule has 1 fully saturated rings. The largest absolute Gasteiger partial charge is 0.314 e. The highest BCUT2D eigenvalue weighted by molar-refractivity contribution is 7.88. The molecule has 0 unspecified atom stereocenters. The van der Waals surface area contributed by atoms with Crippen LogP contribution in [0.15, 0.2) is 54.6 Å². The molecule has 1 aliphatic rings. The second kappa shape index (κ2) is 9.33. The summed E-state index contributed by atoms with van der Waals surface area (Å²) >= 11 is 0. The summed E-state index contributed by atoms with van der Waals surface area (Å²) in [5.74, 6) is -0.489. The predicted octanol–water partition coefficient (Wildman–Crippen LogP) is 1.71. The molecule has 1 saturated heterocycles. The first-order valence-corrected chi connectivity index (χ1v) is 11.1. The molecule has 0 N–H and O–H groups in total. The van der Waals surface area contributed by atoms with E-state index >= 15 is 0 Å². The summed E-state index contributed by atoms with van der Waals surface area (Å²) in [6.07, 6.45) is 0. The fourth-order valence-corrected chi connectivity index (χ4v) is 4.90. The van der Waals surface area contributed by atoms with Crippen molar-refractivity contribution < 1.29 is 18.1 Å². The number of para-hydroxylation sites is 2. The second-order valence-corrected chi connectivity index (χ2v) is 9.07. The van der Waals surface area contributed by atoms with E-state index < -0.39 is 20.7 Å². The van der Waals surface area contributed by atoms with Crippen LogP contribution in [0.1, 0.15) is 5.56 Å². The van der Waals surface area contributed by atoms with Crippen LogP contribution in [0.4, 0.5) is 11.4 Å². The highest BCUT2D eigenvalue weighted by atomic mass is 32.2. The number of sulfonamides is 1. The normalized spacial score (nSPS) is 15.6. The molecule has 2 aromatic carbocycles. The molecule has 0 atom stereocenters. The number of nitro groups is 1. The van der Waals surface area contributed by atoms with Gasteiger partial charge < -0.3 is 4.90 Å². The summed E-state index contributed by atoms with van der Waals surface area (Å²) in [4.78, 5) is 26.6. The van der Waals surface area contributed by atoms with E-state index in [1.54, 1.807) is 18.0 Å². The maximum atomic E-state index is 12.8. The minimum absolute atomic E-state index is 0.0718. The quantitative estimate of drug-likeness (QED) is 0.487. The number of hydrogen-bond donors (Lipinski definition) is 0. The minimum Gasteiger partial charge on any atom is -0.314 e. The van der Waals surface area contributed by atoms with Gasteiger partial charge in [0, 0.05) is 50.5 Å². The summed E-state index contributed by atoms with van der Waals surface area (Å²) in [6.45, 7) is 1.52. The van der Waals surface area contributed by atoms with Crippen LogP contribution in [-0.4, -0.2) is 68.2 Å². The fraction of sp³-hybridized carbons (Fsp3) is 0.350. The molecule has 1 heterocycles. The Morgan fingerprint density at radius 3 is 2.27 bits per heavy atom. The Kier molecular flexibility index (Phi) is 6.80. The molecular formula is C20H24N4O5S. The summed E-state index contributed by atoms with van der Waals surface area (Å²) in [5.41, 5.74) is 0.770. The van der Waals surface area contributed by atoms with Gasteiger partial charge in [0.2, 0.25) is 15.9 Å². The fourth-order valence-electron chi connectivity index (χ4n) is 3.36. The number of piperazine rings is 1. The number of nitrogens with zero attached hydrogens (tertiary/aromatic N) is 4. The monoisotopic (exact) mass is 432 g/mol. The number of benzene rings is 2. The van der Waals surface area contributed by atoms with Gasteiger partial charge in [-0.05, 0) is 12.1 Å². The lowest BCUT2D eigenvalue weighted by molar-refractivity contribution is -0.385. The molecule has 0 aromatic heterocycles. The van der Waals surface area contributed by atoms with Crippen molar-refractivity contribution >= 4 is 27.3 Å². The Bertz CT molecular complexity index is 1000. The lowest BCUT2D eigenvalue weighted by Crippen LogP contribution is -2.51. The molecule has 0 bridgehead atoms. The Morgan fingerprint density at radius 2 is 1.63 bits per heavy atom. The third-order valence-corrected chi connectivity index (χ3v) is 6.96.